The van der Waals surface area contributed by atoms with Crippen LogP contribution < -0.4 is 5.32 Å². The third-order valence-electron chi connectivity index (χ3n) is 6.48. The second kappa shape index (κ2) is 16.0. The molecule has 0 aliphatic carbocycles. The standard InChI is InChI=1S/C31H35NO12S/c1-18(33)40-17-25(42-20(3)35)27(43-21(4)36)28-26(32-29(37)22-12-8-6-9-13-22)24(41-19(2)34)16-31(44-28,30(38)39-5)45-23-14-10-7-11-15-23/h6-15,24-28H,16-17H2,1-5H3,(H,32,37)/t24-,25+,26+,27+,28+,31-/m0/s1. The van der Waals surface area contributed by atoms with Gasteiger partial charge in [-0.2, -0.15) is 0 Å². The van der Waals surface area contributed by atoms with E-state index in [1.807, 2.05) is 0 Å². The normalized spacial score (nSPS) is 22.1. The lowest BCUT2D eigenvalue weighted by Crippen LogP contribution is -2.68. The van der Waals surface area contributed by atoms with Crippen LogP contribution in [0.3, 0.4) is 0 Å². The molecule has 1 saturated heterocycles. The summed E-state index contributed by atoms with van der Waals surface area (Å²) in [6, 6.07) is 15.5. The number of rotatable bonds is 12. The van der Waals surface area contributed by atoms with Crippen LogP contribution >= 0.6 is 11.8 Å². The number of ether oxygens (including phenoxy) is 6. The first-order chi connectivity index (χ1) is 21.3. The summed E-state index contributed by atoms with van der Waals surface area (Å²) >= 11 is 0.942. The number of hydrogen-bond donors (Lipinski definition) is 1. The molecule has 6 atom stereocenters. The zero-order chi connectivity index (χ0) is 33.1. The number of nitrogens with one attached hydrogen (secondary N) is 1. The van der Waals surface area contributed by atoms with E-state index in [2.05, 4.69) is 5.32 Å². The Morgan fingerprint density at radius 1 is 0.867 bits per heavy atom. The lowest BCUT2D eigenvalue weighted by atomic mass is 9.89. The summed E-state index contributed by atoms with van der Waals surface area (Å²) in [4.78, 5) is 74.5. The Morgan fingerprint density at radius 2 is 1.47 bits per heavy atom. The minimum atomic E-state index is -1.94. The first-order valence-corrected chi connectivity index (χ1v) is 14.7. The quantitative estimate of drug-likeness (QED) is 0.264. The Bertz CT molecular complexity index is 1370. The van der Waals surface area contributed by atoms with Crippen LogP contribution in [0.15, 0.2) is 65.6 Å². The number of carbonyl (C=O) groups excluding carboxylic acids is 6. The lowest BCUT2D eigenvalue weighted by molar-refractivity contribution is -0.223. The summed E-state index contributed by atoms with van der Waals surface area (Å²) in [7, 11) is 1.14. The Kier molecular flexibility index (Phi) is 12.5. The van der Waals surface area contributed by atoms with Gasteiger partial charge in [-0.1, -0.05) is 48.2 Å². The first-order valence-electron chi connectivity index (χ1n) is 13.9. The molecule has 1 aliphatic heterocycles. The zero-order valence-electron chi connectivity index (χ0n) is 25.4. The number of carbonyl (C=O) groups is 6. The average Bonchev–Trinajstić information content (AvgIpc) is 2.99. The fraction of sp³-hybridized carbons (Fsp3) is 0.419. The van der Waals surface area contributed by atoms with Crippen LogP contribution in [-0.4, -0.2) is 84.9 Å². The number of esters is 5. The Hall–Kier alpha value is -4.43. The van der Waals surface area contributed by atoms with Crippen molar-refractivity contribution in [3.05, 3.63) is 66.2 Å². The maximum absolute atomic E-state index is 13.6. The van der Waals surface area contributed by atoms with Gasteiger partial charge in [-0.3, -0.25) is 24.0 Å². The molecule has 0 spiro atoms. The van der Waals surface area contributed by atoms with Gasteiger partial charge >= 0.3 is 29.8 Å². The van der Waals surface area contributed by atoms with Gasteiger partial charge in [0.2, 0.25) is 4.93 Å². The van der Waals surface area contributed by atoms with Crippen molar-refractivity contribution >= 4 is 47.5 Å². The second-order valence-electron chi connectivity index (χ2n) is 9.98. The van der Waals surface area contributed by atoms with Gasteiger partial charge in [0, 0.05) is 44.6 Å². The van der Waals surface area contributed by atoms with Crippen molar-refractivity contribution in [2.45, 2.75) is 74.4 Å². The minimum Gasteiger partial charge on any atom is -0.466 e. The molecule has 45 heavy (non-hydrogen) atoms. The van der Waals surface area contributed by atoms with Crippen LogP contribution in [0.25, 0.3) is 0 Å². The van der Waals surface area contributed by atoms with Crippen molar-refractivity contribution in [1.82, 2.24) is 5.32 Å². The smallest absolute Gasteiger partial charge is 0.349 e. The average molecular weight is 646 g/mol. The molecule has 0 aromatic heterocycles. The largest absolute Gasteiger partial charge is 0.466 e. The van der Waals surface area contributed by atoms with Crippen LogP contribution in [0, 0.1) is 0 Å². The van der Waals surface area contributed by atoms with Crippen LogP contribution in [0.5, 0.6) is 0 Å². The molecule has 0 saturated carbocycles. The van der Waals surface area contributed by atoms with Crippen molar-refractivity contribution in [3.63, 3.8) is 0 Å². The van der Waals surface area contributed by atoms with E-state index in [0.717, 1.165) is 46.6 Å². The molecule has 3 rings (SSSR count). The molecule has 0 unspecified atom stereocenters. The Labute approximate surface area is 264 Å². The summed E-state index contributed by atoms with van der Waals surface area (Å²) in [5, 5.41) is 2.78. The molecule has 0 bridgehead atoms. The second-order valence-corrected chi connectivity index (χ2v) is 11.3. The van der Waals surface area contributed by atoms with E-state index < -0.39 is 77.8 Å². The molecule has 14 heteroatoms. The van der Waals surface area contributed by atoms with Crippen LogP contribution in [0.2, 0.25) is 0 Å². The highest BCUT2D eigenvalue weighted by Crippen LogP contribution is 2.46. The Morgan fingerprint density at radius 3 is 2.00 bits per heavy atom. The summed E-state index contributed by atoms with van der Waals surface area (Å²) in [6.07, 6.45) is -6.22. The molecule has 2 aromatic carbocycles. The number of hydrogen-bond acceptors (Lipinski definition) is 13. The fourth-order valence-electron chi connectivity index (χ4n) is 4.77. The van der Waals surface area contributed by atoms with Crippen molar-refractivity contribution in [3.8, 4) is 0 Å². The predicted molar refractivity (Wildman–Crippen MR) is 158 cm³/mol. The molecule has 1 heterocycles. The minimum absolute atomic E-state index is 0.238. The van der Waals surface area contributed by atoms with E-state index in [4.69, 9.17) is 28.4 Å². The van der Waals surface area contributed by atoms with Gasteiger partial charge in [0.05, 0.1) is 13.2 Å². The van der Waals surface area contributed by atoms with E-state index in [0.29, 0.717) is 4.90 Å². The van der Waals surface area contributed by atoms with Gasteiger partial charge in [0.1, 0.15) is 18.8 Å². The van der Waals surface area contributed by atoms with E-state index in [9.17, 15) is 28.8 Å². The molecular formula is C31H35NO12S. The number of amides is 1. The molecule has 1 aliphatic rings. The van der Waals surface area contributed by atoms with Crippen molar-refractivity contribution in [2.24, 2.45) is 0 Å². The summed E-state index contributed by atoms with van der Waals surface area (Å²) in [5.74, 6) is -4.64. The molecule has 13 nitrogen and oxygen atoms in total. The molecule has 1 fully saturated rings. The SMILES string of the molecule is COC(=O)[C@@]1(Sc2ccccc2)C[C@H](OC(C)=O)[C@@H](NC(=O)c2ccccc2)[C@H]([C@H](OC(C)=O)[C@@H](COC(C)=O)OC(C)=O)O1. The summed E-state index contributed by atoms with van der Waals surface area (Å²) in [5.41, 5.74) is 0.238. The van der Waals surface area contributed by atoms with Gasteiger partial charge in [-0.15, -0.1) is 0 Å². The first kappa shape index (κ1) is 35.1. The third kappa shape index (κ3) is 9.78. The van der Waals surface area contributed by atoms with E-state index in [1.54, 1.807) is 60.7 Å². The van der Waals surface area contributed by atoms with E-state index >= 15 is 0 Å². The molecular weight excluding hydrogens is 610 g/mol. The molecule has 242 valence electrons. The highest BCUT2D eigenvalue weighted by Gasteiger charge is 2.59. The number of methoxy groups -OCH3 is 1. The summed E-state index contributed by atoms with van der Waals surface area (Å²) < 4.78 is 33.5. The van der Waals surface area contributed by atoms with Crippen LogP contribution in [0.4, 0.5) is 0 Å². The van der Waals surface area contributed by atoms with Gasteiger partial charge in [-0.05, 0) is 24.3 Å². The van der Waals surface area contributed by atoms with Gasteiger partial charge < -0.3 is 33.7 Å². The third-order valence-corrected chi connectivity index (χ3v) is 7.75. The molecule has 2 aromatic rings. The molecule has 1 amide bonds. The highest BCUT2D eigenvalue weighted by molar-refractivity contribution is 8.01. The van der Waals surface area contributed by atoms with Crippen LogP contribution in [-0.2, 0) is 52.4 Å². The Balaban J connectivity index is 2.24. The highest BCUT2D eigenvalue weighted by atomic mass is 32.2. The summed E-state index contributed by atoms with van der Waals surface area (Å²) in [6.45, 7) is 3.87. The monoisotopic (exact) mass is 645 g/mol. The van der Waals surface area contributed by atoms with Crippen molar-refractivity contribution in [2.75, 3.05) is 13.7 Å². The van der Waals surface area contributed by atoms with Crippen molar-refractivity contribution in [1.29, 1.82) is 0 Å². The van der Waals surface area contributed by atoms with Crippen molar-refractivity contribution < 1.29 is 57.2 Å². The maximum Gasteiger partial charge on any atom is 0.349 e. The fourth-order valence-corrected chi connectivity index (χ4v) is 6.02. The van der Waals surface area contributed by atoms with Gasteiger partial charge in [0.25, 0.3) is 5.91 Å². The van der Waals surface area contributed by atoms with Gasteiger partial charge in [0.15, 0.2) is 12.2 Å². The number of benzene rings is 2. The van der Waals surface area contributed by atoms with Gasteiger partial charge in [-0.25, -0.2) is 4.79 Å². The molecule has 1 N–H and O–H groups in total. The lowest BCUT2D eigenvalue weighted by Gasteiger charge is -2.48. The number of thioether (sulfide) groups is 1. The van der Waals surface area contributed by atoms with E-state index in [1.165, 1.54) is 0 Å². The molecule has 0 radical (unpaired) electrons. The van der Waals surface area contributed by atoms with E-state index in [-0.39, 0.29) is 12.0 Å². The van der Waals surface area contributed by atoms with Crippen LogP contribution in [0.1, 0.15) is 44.5 Å². The zero-order valence-corrected chi connectivity index (χ0v) is 26.2. The maximum atomic E-state index is 13.6. The topological polar surface area (TPSA) is 170 Å². The predicted octanol–water partition coefficient (Wildman–Crippen LogP) is 2.59.